The zero-order valence-corrected chi connectivity index (χ0v) is 16.8. The lowest BCUT2D eigenvalue weighted by atomic mass is 10.2. The van der Waals surface area contributed by atoms with Crippen molar-refractivity contribution in [2.24, 2.45) is 4.99 Å². The summed E-state index contributed by atoms with van der Waals surface area (Å²) in [6, 6.07) is -0.120. The van der Waals surface area contributed by atoms with Crippen molar-refractivity contribution in [3.63, 3.8) is 0 Å². The second-order valence-corrected chi connectivity index (χ2v) is 7.45. The van der Waals surface area contributed by atoms with Crippen LogP contribution in [0.1, 0.15) is 42.7 Å². The van der Waals surface area contributed by atoms with E-state index >= 15 is 0 Å². The highest BCUT2D eigenvalue weighted by Gasteiger charge is 2.25. The minimum Gasteiger partial charge on any atom is -0.346 e. The van der Waals surface area contributed by atoms with E-state index in [9.17, 15) is 4.79 Å². The number of anilines is 1. The molecule has 1 saturated heterocycles. The SMILES string of the molecule is C=C/C=C(\N=C/C)C(C)Nc1nc(C(=O)N2CCCC2)c2scc(C)c2n1. The third kappa shape index (κ3) is 4.08. The van der Waals surface area contributed by atoms with Gasteiger partial charge in [-0.1, -0.05) is 12.7 Å². The average Bonchev–Trinajstić information content (AvgIpc) is 3.31. The molecular weight excluding hydrogens is 358 g/mol. The van der Waals surface area contributed by atoms with Crippen LogP contribution in [0.3, 0.4) is 0 Å². The molecule has 0 bridgehead atoms. The van der Waals surface area contributed by atoms with Gasteiger partial charge in [0.05, 0.1) is 22.0 Å². The van der Waals surface area contributed by atoms with Gasteiger partial charge in [-0.3, -0.25) is 9.79 Å². The molecule has 0 aliphatic carbocycles. The fourth-order valence-corrected chi connectivity index (χ4v) is 4.12. The van der Waals surface area contributed by atoms with Crippen LogP contribution in [0.15, 0.2) is 34.8 Å². The summed E-state index contributed by atoms with van der Waals surface area (Å²) in [6.07, 6.45) is 7.40. The number of carbonyl (C=O) groups excluding carboxylic acids is 1. The van der Waals surface area contributed by atoms with Crippen molar-refractivity contribution >= 4 is 39.6 Å². The van der Waals surface area contributed by atoms with E-state index in [-0.39, 0.29) is 11.9 Å². The molecule has 2 aromatic heterocycles. The lowest BCUT2D eigenvalue weighted by molar-refractivity contribution is 0.0789. The lowest BCUT2D eigenvalue weighted by Crippen LogP contribution is -2.29. The Hall–Kier alpha value is -2.54. The number of likely N-dealkylation sites (tertiary alicyclic amines) is 1. The number of hydrogen-bond donors (Lipinski definition) is 1. The standard InChI is InChI=1S/C20H25N5OS/c1-5-9-15(21-6-2)14(4)22-20-23-16-13(3)12-27-18(16)17(24-20)19(26)25-10-7-8-11-25/h5-6,9,12,14H,1,7-8,10-11H2,2-4H3,(H,22,23,24)/b15-9-,21-6-. The molecule has 1 fully saturated rings. The van der Waals surface area contributed by atoms with Crippen LogP contribution >= 0.6 is 11.3 Å². The molecular formula is C20H25N5OS. The molecule has 1 N–H and O–H groups in total. The van der Waals surface area contributed by atoms with Crippen LogP contribution in [0, 0.1) is 6.92 Å². The Morgan fingerprint density at radius 3 is 2.81 bits per heavy atom. The summed E-state index contributed by atoms with van der Waals surface area (Å²) in [4.78, 5) is 28.5. The molecule has 3 heterocycles. The highest BCUT2D eigenvalue weighted by molar-refractivity contribution is 7.17. The van der Waals surface area contributed by atoms with Crippen molar-refractivity contribution in [3.8, 4) is 0 Å². The van der Waals surface area contributed by atoms with Crippen LogP contribution < -0.4 is 5.32 Å². The smallest absolute Gasteiger partial charge is 0.274 e. The van der Waals surface area contributed by atoms with Crippen molar-refractivity contribution in [3.05, 3.63) is 41.1 Å². The fraction of sp³-hybridized carbons (Fsp3) is 0.400. The Labute approximate surface area is 163 Å². The quantitative estimate of drug-likeness (QED) is 0.600. The second-order valence-electron chi connectivity index (χ2n) is 6.57. The molecule has 3 rings (SSSR count). The van der Waals surface area contributed by atoms with Crippen LogP contribution in [0.4, 0.5) is 5.95 Å². The highest BCUT2D eigenvalue weighted by atomic mass is 32.1. The van der Waals surface area contributed by atoms with E-state index < -0.39 is 0 Å². The van der Waals surface area contributed by atoms with Crippen molar-refractivity contribution in [1.29, 1.82) is 0 Å². The number of aliphatic imine (C=N–C) groups is 1. The first-order valence-corrected chi connectivity index (χ1v) is 10.1. The van der Waals surface area contributed by atoms with Crippen LogP contribution in [0.5, 0.6) is 0 Å². The zero-order chi connectivity index (χ0) is 19.4. The molecule has 1 aliphatic heterocycles. The number of nitrogens with one attached hydrogen (secondary N) is 1. The number of amides is 1. The summed E-state index contributed by atoms with van der Waals surface area (Å²) in [5, 5.41) is 5.31. The maximum Gasteiger partial charge on any atom is 0.274 e. The number of rotatable bonds is 6. The molecule has 27 heavy (non-hydrogen) atoms. The molecule has 0 radical (unpaired) electrons. The second kappa shape index (κ2) is 8.43. The van der Waals surface area contributed by atoms with Gasteiger partial charge >= 0.3 is 0 Å². The number of nitrogens with zero attached hydrogens (tertiary/aromatic N) is 4. The zero-order valence-electron chi connectivity index (χ0n) is 16.0. The number of thiophene rings is 1. The fourth-order valence-electron chi connectivity index (χ4n) is 3.15. The van der Waals surface area contributed by atoms with Crippen LogP contribution in [0.25, 0.3) is 10.2 Å². The number of hydrogen-bond acceptors (Lipinski definition) is 6. The molecule has 1 atom stereocenters. The van der Waals surface area contributed by atoms with Gasteiger partial charge in [0, 0.05) is 19.3 Å². The molecule has 0 aromatic carbocycles. The summed E-state index contributed by atoms with van der Waals surface area (Å²) >= 11 is 1.53. The van der Waals surface area contributed by atoms with Crippen LogP contribution in [-0.4, -0.2) is 46.1 Å². The van der Waals surface area contributed by atoms with Gasteiger partial charge in [-0.15, -0.1) is 11.3 Å². The third-order valence-corrected chi connectivity index (χ3v) is 5.64. The Balaban J connectivity index is 1.98. The van der Waals surface area contributed by atoms with Crippen molar-refractivity contribution in [2.75, 3.05) is 18.4 Å². The normalized spacial score (nSPS) is 16.3. The Bertz CT molecular complexity index is 908. The Morgan fingerprint density at radius 2 is 2.15 bits per heavy atom. The monoisotopic (exact) mass is 383 g/mol. The molecule has 6 nitrogen and oxygen atoms in total. The van der Waals surface area contributed by atoms with Crippen LogP contribution in [0.2, 0.25) is 0 Å². The van der Waals surface area contributed by atoms with Crippen molar-refractivity contribution in [2.45, 2.75) is 39.7 Å². The molecule has 1 unspecified atom stereocenters. The number of allylic oxidation sites excluding steroid dienone is 2. The van der Waals surface area contributed by atoms with E-state index in [0.29, 0.717) is 11.6 Å². The van der Waals surface area contributed by atoms with Gasteiger partial charge in [-0.05, 0) is 50.6 Å². The summed E-state index contributed by atoms with van der Waals surface area (Å²) < 4.78 is 0.857. The highest BCUT2D eigenvalue weighted by Crippen LogP contribution is 2.29. The van der Waals surface area contributed by atoms with Gasteiger partial charge in [0.2, 0.25) is 5.95 Å². The van der Waals surface area contributed by atoms with Gasteiger partial charge < -0.3 is 10.2 Å². The molecule has 1 amide bonds. The summed E-state index contributed by atoms with van der Waals surface area (Å²) in [7, 11) is 0. The molecule has 7 heteroatoms. The van der Waals surface area contributed by atoms with E-state index in [1.165, 1.54) is 11.3 Å². The predicted octanol–water partition coefficient (Wildman–Crippen LogP) is 4.20. The maximum absolute atomic E-state index is 13.0. The summed E-state index contributed by atoms with van der Waals surface area (Å²) in [5.41, 5.74) is 3.20. The first-order valence-electron chi connectivity index (χ1n) is 9.18. The van der Waals surface area contributed by atoms with E-state index in [1.54, 1.807) is 12.3 Å². The first-order chi connectivity index (χ1) is 13.0. The van der Waals surface area contributed by atoms with Gasteiger partial charge in [0.15, 0.2) is 5.69 Å². The Kier molecular flexibility index (Phi) is 6.01. The lowest BCUT2D eigenvalue weighted by Gasteiger charge is -2.18. The van der Waals surface area contributed by atoms with Gasteiger partial charge in [-0.2, -0.15) is 0 Å². The van der Waals surface area contributed by atoms with E-state index in [2.05, 4.69) is 26.9 Å². The first kappa shape index (κ1) is 19.2. The molecule has 0 saturated carbocycles. The van der Waals surface area contributed by atoms with E-state index in [4.69, 9.17) is 0 Å². The minimum atomic E-state index is -0.120. The molecule has 2 aromatic rings. The summed E-state index contributed by atoms with van der Waals surface area (Å²) in [6.45, 7) is 11.2. The topological polar surface area (TPSA) is 70.5 Å². The van der Waals surface area contributed by atoms with Gasteiger partial charge in [0.25, 0.3) is 5.91 Å². The average molecular weight is 384 g/mol. The molecule has 142 valence electrons. The van der Waals surface area contributed by atoms with Gasteiger partial charge in [0.1, 0.15) is 0 Å². The number of fused-ring (bicyclic) bond motifs is 1. The van der Waals surface area contributed by atoms with Crippen LogP contribution in [-0.2, 0) is 0 Å². The van der Waals surface area contributed by atoms with Crippen molar-refractivity contribution < 1.29 is 4.79 Å². The number of aryl methyl sites for hydroxylation is 1. The van der Waals surface area contributed by atoms with Gasteiger partial charge in [-0.25, -0.2) is 9.97 Å². The largest absolute Gasteiger partial charge is 0.346 e. The maximum atomic E-state index is 13.0. The Morgan fingerprint density at radius 1 is 1.41 bits per heavy atom. The van der Waals surface area contributed by atoms with Crippen molar-refractivity contribution in [1.82, 2.24) is 14.9 Å². The van der Waals surface area contributed by atoms with E-state index in [1.807, 2.05) is 37.1 Å². The number of aromatic nitrogens is 2. The minimum absolute atomic E-state index is 0.00844. The summed E-state index contributed by atoms with van der Waals surface area (Å²) in [5.74, 6) is 0.436. The molecule has 1 aliphatic rings. The predicted molar refractivity (Wildman–Crippen MR) is 113 cm³/mol. The number of carbonyl (C=O) groups is 1. The van der Waals surface area contributed by atoms with E-state index in [0.717, 1.165) is 47.4 Å². The third-order valence-electron chi connectivity index (χ3n) is 4.54. The molecule has 0 spiro atoms.